The minimum Gasteiger partial charge on any atom is -0.143 e. The molecule has 0 N–H and O–H groups in total. The fourth-order valence-electron chi connectivity index (χ4n) is 3.68. The summed E-state index contributed by atoms with van der Waals surface area (Å²) in [6, 6.07) is 22.2. The van der Waals surface area contributed by atoms with Gasteiger partial charge in [0, 0.05) is 15.5 Å². The molecule has 4 aromatic carbocycles. The van der Waals surface area contributed by atoms with Crippen LogP contribution in [0, 0.1) is 6.92 Å². The lowest BCUT2D eigenvalue weighted by Crippen LogP contribution is -1.85. The third-order valence-electron chi connectivity index (χ3n) is 4.65. The highest BCUT2D eigenvalue weighted by Gasteiger charge is 2.13. The summed E-state index contributed by atoms with van der Waals surface area (Å²) in [5, 5.41) is 11.8. The molecule has 0 amide bonds. The second-order valence-corrected chi connectivity index (χ2v) is 6.79. The second-order valence-electron chi connectivity index (χ2n) is 5.87. The SMILES string of the molecule is Cc1cccc2c3sccc3c3ccc4ccccc4c3c12. The zero-order valence-electron chi connectivity index (χ0n) is 12.3. The van der Waals surface area contributed by atoms with Gasteiger partial charge in [-0.2, -0.15) is 0 Å². The van der Waals surface area contributed by atoms with Crippen LogP contribution >= 0.6 is 11.3 Å². The standard InChI is InChI=1S/C21H14S/c1-13-5-4-8-18-19(13)20-15-7-3-2-6-14(15)9-10-16(20)17-11-12-22-21(17)18/h2-12H,1H3. The molecule has 0 spiro atoms. The summed E-state index contributed by atoms with van der Waals surface area (Å²) < 4.78 is 1.40. The Balaban J connectivity index is 2.27. The minimum atomic E-state index is 1.31. The summed E-state index contributed by atoms with van der Waals surface area (Å²) in [6.45, 7) is 2.23. The molecule has 0 saturated carbocycles. The highest BCUT2D eigenvalue weighted by molar-refractivity contribution is 7.18. The van der Waals surface area contributed by atoms with Crippen molar-refractivity contribution in [2.45, 2.75) is 6.92 Å². The van der Waals surface area contributed by atoms with Crippen LogP contribution < -0.4 is 0 Å². The fraction of sp³-hybridized carbons (Fsp3) is 0.0476. The van der Waals surface area contributed by atoms with E-state index in [1.165, 1.54) is 48.0 Å². The van der Waals surface area contributed by atoms with Crippen molar-refractivity contribution in [1.82, 2.24) is 0 Å². The third-order valence-corrected chi connectivity index (χ3v) is 5.60. The number of thiophene rings is 1. The van der Waals surface area contributed by atoms with Gasteiger partial charge in [0.15, 0.2) is 0 Å². The van der Waals surface area contributed by atoms with Crippen molar-refractivity contribution >= 4 is 53.7 Å². The van der Waals surface area contributed by atoms with Gasteiger partial charge in [-0.05, 0) is 50.9 Å². The van der Waals surface area contributed by atoms with E-state index in [4.69, 9.17) is 0 Å². The Morgan fingerprint density at radius 1 is 0.636 bits per heavy atom. The molecular weight excluding hydrogens is 284 g/mol. The lowest BCUT2D eigenvalue weighted by Gasteiger charge is -2.12. The summed E-state index contributed by atoms with van der Waals surface area (Å²) in [7, 11) is 0. The van der Waals surface area contributed by atoms with Crippen molar-refractivity contribution in [3.63, 3.8) is 0 Å². The molecule has 0 bridgehead atoms. The van der Waals surface area contributed by atoms with E-state index in [-0.39, 0.29) is 0 Å². The van der Waals surface area contributed by atoms with E-state index in [1.54, 1.807) is 0 Å². The molecule has 0 atom stereocenters. The van der Waals surface area contributed by atoms with Crippen LogP contribution in [0.15, 0.2) is 66.0 Å². The molecule has 104 valence electrons. The second kappa shape index (κ2) is 4.31. The summed E-state index contributed by atoms with van der Waals surface area (Å²) in [5.74, 6) is 0. The molecule has 1 heterocycles. The Morgan fingerprint density at radius 3 is 2.45 bits per heavy atom. The van der Waals surface area contributed by atoms with Crippen molar-refractivity contribution in [1.29, 1.82) is 0 Å². The lowest BCUT2D eigenvalue weighted by molar-refractivity contribution is 1.55. The Kier molecular flexibility index (Phi) is 2.39. The third kappa shape index (κ3) is 1.47. The first kappa shape index (κ1) is 12.2. The van der Waals surface area contributed by atoms with E-state index in [0.29, 0.717) is 0 Å². The van der Waals surface area contributed by atoms with Crippen LogP contribution in [0.4, 0.5) is 0 Å². The summed E-state index contributed by atoms with van der Waals surface area (Å²) in [6.07, 6.45) is 0. The molecule has 0 aliphatic rings. The molecule has 0 radical (unpaired) electrons. The van der Waals surface area contributed by atoms with E-state index in [0.717, 1.165) is 0 Å². The van der Waals surface area contributed by atoms with Crippen molar-refractivity contribution in [3.8, 4) is 0 Å². The van der Waals surface area contributed by atoms with Gasteiger partial charge in [-0.25, -0.2) is 0 Å². The summed E-state index contributed by atoms with van der Waals surface area (Å²) >= 11 is 1.85. The van der Waals surface area contributed by atoms with Crippen molar-refractivity contribution in [2.75, 3.05) is 0 Å². The molecule has 1 aromatic heterocycles. The van der Waals surface area contributed by atoms with Gasteiger partial charge < -0.3 is 0 Å². The summed E-state index contributed by atoms with van der Waals surface area (Å²) in [5.41, 5.74) is 1.36. The van der Waals surface area contributed by atoms with Crippen LogP contribution in [-0.2, 0) is 0 Å². The van der Waals surface area contributed by atoms with E-state index < -0.39 is 0 Å². The first-order valence-electron chi connectivity index (χ1n) is 7.54. The van der Waals surface area contributed by atoms with Crippen molar-refractivity contribution in [2.24, 2.45) is 0 Å². The molecular formula is C21H14S. The lowest BCUT2D eigenvalue weighted by atomic mass is 9.92. The maximum atomic E-state index is 2.29. The predicted molar refractivity (Wildman–Crippen MR) is 99.1 cm³/mol. The molecule has 0 aliphatic carbocycles. The number of benzene rings is 4. The highest BCUT2D eigenvalue weighted by atomic mass is 32.1. The largest absolute Gasteiger partial charge is 0.143 e. The van der Waals surface area contributed by atoms with Gasteiger partial charge in [0.1, 0.15) is 0 Å². The quantitative estimate of drug-likeness (QED) is 0.280. The van der Waals surface area contributed by atoms with Crippen LogP contribution in [0.25, 0.3) is 42.4 Å². The Labute approximate surface area is 132 Å². The molecule has 0 fully saturated rings. The van der Waals surface area contributed by atoms with Gasteiger partial charge >= 0.3 is 0 Å². The Bertz CT molecular complexity index is 1180. The smallest absolute Gasteiger partial charge is 0.0427 e. The number of aryl methyl sites for hydroxylation is 1. The van der Waals surface area contributed by atoms with Crippen LogP contribution in [0.5, 0.6) is 0 Å². The molecule has 22 heavy (non-hydrogen) atoms. The van der Waals surface area contributed by atoms with E-state index in [9.17, 15) is 0 Å². The molecule has 1 heteroatoms. The van der Waals surface area contributed by atoms with Gasteiger partial charge in [-0.15, -0.1) is 11.3 Å². The first-order chi connectivity index (χ1) is 10.8. The van der Waals surface area contributed by atoms with E-state index in [2.05, 4.69) is 73.0 Å². The first-order valence-corrected chi connectivity index (χ1v) is 8.42. The fourth-order valence-corrected chi connectivity index (χ4v) is 4.63. The Hall–Kier alpha value is -2.38. The predicted octanol–water partition coefficient (Wildman–Crippen LogP) is 6.67. The molecule has 5 aromatic rings. The van der Waals surface area contributed by atoms with E-state index >= 15 is 0 Å². The highest BCUT2D eigenvalue weighted by Crippen LogP contribution is 2.41. The zero-order valence-corrected chi connectivity index (χ0v) is 13.1. The maximum Gasteiger partial charge on any atom is 0.0427 e. The van der Waals surface area contributed by atoms with Crippen molar-refractivity contribution in [3.05, 3.63) is 71.6 Å². The van der Waals surface area contributed by atoms with Crippen LogP contribution in [0.3, 0.4) is 0 Å². The van der Waals surface area contributed by atoms with Gasteiger partial charge in [0.25, 0.3) is 0 Å². The van der Waals surface area contributed by atoms with Gasteiger partial charge in [-0.3, -0.25) is 0 Å². The van der Waals surface area contributed by atoms with Crippen LogP contribution in [0.1, 0.15) is 5.56 Å². The Morgan fingerprint density at radius 2 is 1.50 bits per heavy atom. The molecule has 0 unspecified atom stereocenters. The number of fused-ring (bicyclic) bond motifs is 8. The normalized spacial score (nSPS) is 11.9. The molecule has 0 aliphatic heterocycles. The maximum absolute atomic E-state index is 2.29. The number of hydrogen-bond acceptors (Lipinski definition) is 1. The van der Waals surface area contributed by atoms with Crippen molar-refractivity contribution < 1.29 is 0 Å². The number of rotatable bonds is 0. The summed E-state index contributed by atoms with van der Waals surface area (Å²) in [4.78, 5) is 0. The van der Waals surface area contributed by atoms with Crippen LogP contribution in [0.2, 0.25) is 0 Å². The van der Waals surface area contributed by atoms with Gasteiger partial charge in [0.2, 0.25) is 0 Å². The minimum absolute atomic E-state index is 1.31. The monoisotopic (exact) mass is 298 g/mol. The van der Waals surface area contributed by atoms with Crippen LogP contribution in [-0.4, -0.2) is 0 Å². The van der Waals surface area contributed by atoms with Gasteiger partial charge in [0.05, 0.1) is 0 Å². The molecule has 0 saturated heterocycles. The molecule has 0 nitrogen and oxygen atoms in total. The van der Waals surface area contributed by atoms with E-state index in [1.807, 2.05) is 11.3 Å². The average molecular weight is 298 g/mol. The topological polar surface area (TPSA) is 0 Å². The average Bonchev–Trinajstić information content (AvgIpc) is 3.04. The molecule has 5 rings (SSSR count). The van der Waals surface area contributed by atoms with Gasteiger partial charge in [-0.1, -0.05) is 54.6 Å². The zero-order chi connectivity index (χ0) is 14.7. The number of hydrogen-bond donors (Lipinski definition) is 0.